The Morgan fingerprint density at radius 3 is 2.47 bits per heavy atom. The maximum atomic E-state index is 12.5. The summed E-state index contributed by atoms with van der Waals surface area (Å²) in [6.45, 7) is 1.26. The van der Waals surface area contributed by atoms with Gasteiger partial charge < -0.3 is 5.21 Å². The zero-order valence-corrected chi connectivity index (χ0v) is 8.39. The Labute approximate surface area is 89.0 Å². The van der Waals surface area contributed by atoms with Gasteiger partial charge in [0, 0.05) is 10.6 Å². The molecule has 0 radical (unpaired) electrons. The smallest absolute Gasteiger partial charge is 0.411 e. The molecule has 2 nitrogen and oxygen atoms in total. The Morgan fingerprint density at radius 1 is 1.40 bits per heavy atom. The molecule has 1 aromatic rings. The molecule has 0 heterocycles. The van der Waals surface area contributed by atoms with Crippen LogP contribution in [0.5, 0.6) is 0 Å². The number of halogens is 4. The molecule has 0 saturated carbocycles. The molecule has 0 spiro atoms. The van der Waals surface area contributed by atoms with Crippen molar-refractivity contribution in [1.82, 2.24) is 0 Å². The summed E-state index contributed by atoms with van der Waals surface area (Å²) in [5.74, 6) is 0. The molecule has 15 heavy (non-hydrogen) atoms. The number of oxime groups is 1. The van der Waals surface area contributed by atoms with E-state index in [1.807, 2.05) is 0 Å². The van der Waals surface area contributed by atoms with Gasteiger partial charge in [0.1, 0.15) is 0 Å². The van der Waals surface area contributed by atoms with Gasteiger partial charge in [0.15, 0.2) is 0 Å². The van der Waals surface area contributed by atoms with Crippen molar-refractivity contribution in [2.24, 2.45) is 5.16 Å². The minimum Gasteiger partial charge on any atom is -0.411 e. The van der Waals surface area contributed by atoms with Crippen LogP contribution in [-0.2, 0) is 6.18 Å². The van der Waals surface area contributed by atoms with E-state index in [1.54, 1.807) is 0 Å². The lowest BCUT2D eigenvalue weighted by Crippen LogP contribution is -2.12. The Bertz CT molecular complexity index is 401. The highest BCUT2D eigenvalue weighted by molar-refractivity contribution is 6.31. The molecular weight excluding hydrogens is 231 g/mol. The minimum absolute atomic E-state index is 0.134. The van der Waals surface area contributed by atoms with Crippen LogP contribution in [0.15, 0.2) is 23.4 Å². The van der Waals surface area contributed by atoms with Crippen LogP contribution in [0, 0.1) is 0 Å². The second-order valence-corrected chi connectivity index (χ2v) is 3.31. The summed E-state index contributed by atoms with van der Waals surface area (Å²) in [6.07, 6.45) is -4.49. The van der Waals surface area contributed by atoms with E-state index in [0.29, 0.717) is 0 Å². The average molecular weight is 238 g/mol. The first-order valence-corrected chi connectivity index (χ1v) is 4.30. The van der Waals surface area contributed by atoms with Gasteiger partial charge in [0.25, 0.3) is 0 Å². The SMILES string of the molecule is C/C(=N\O)c1cc(Cl)ccc1C(F)(F)F. The number of benzene rings is 1. The Morgan fingerprint density at radius 2 is 2.00 bits per heavy atom. The molecule has 1 rings (SSSR count). The van der Waals surface area contributed by atoms with Crippen LogP contribution in [0.4, 0.5) is 13.2 Å². The average Bonchev–Trinajstić information content (AvgIpc) is 2.14. The first-order chi connectivity index (χ1) is 6.86. The summed E-state index contributed by atoms with van der Waals surface area (Å²) >= 11 is 5.56. The molecule has 0 unspecified atom stereocenters. The van der Waals surface area contributed by atoms with Crippen molar-refractivity contribution in [2.75, 3.05) is 0 Å². The van der Waals surface area contributed by atoms with Crippen LogP contribution >= 0.6 is 11.6 Å². The van der Waals surface area contributed by atoms with Crippen LogP contribution < -0.4 is 0 Å². The van der Waals surface area contributed by atoms with Gasteiger partial charge in [-0.3, -0.25) is 0 Å². The van der Waals surface area contributed by atoms with Crippen LogP contribution in [0.1, 0.15) is 18.1 Å². The van der Waals surface area contributed by atoms with Crippen molar-refractivity contribution in [1.29, 1.82) is 0 Å². The maximum absolute atomic E-state index is 12.5. The van der Waals surface area contributed by atoms with Crippen molar-refractivity contribution < 1.29 is 18.4 Å². The van der Waals surface area contributed by atoms with Crippen LogP contribution in [-0.4, -0.2) is 10.9 Å². The van der Waals surface area contributed by atoms with Gasteiger partial charge >= 0.3 is 6.18 Å². The Kier molecular flexibility index (Phi) is 3.24. The zero-order chi connectivity index (χ0) is 11.6. The summed E-state index contributed by atoms with van der Waals surface area (Å²) in [4.78, 5) is 0. The quantitative estimate of drug-likeness (QED) is 0.452. The van der Waals surface area contributed by atoms with E-state index in [-0.39, 0.29) is 16.3 Å². The number of hydrogen-bond donors (Lipinski definition) is 1. The molecule has 0 aliphatic heterocycles. The number of hydrogen-bond acceptors (Lipinski definition) is 2. The van der Waals surface area contributed by atoms with Gasteiger partial charge in [-0.05, 0) is 25.1 Å². The number of alkyl halides is 3. The summed E-state index contributed by atoms with van der Waals surface area (Å²) in [5, 5.41) is 11.3. The normalized spacial score (nSPS) is 13.0. The van der Waals surface area contributed by atoms with Gasteiger partial charge in [-0.15, -0.1) is 0 Å². The lowest BCUT2D eigenvalue weighted by molar-refractivity contribution is -0.137. The zero-order valence-electron chi connectivity index (χ0n) is 7.64. The third-order valence-electron chi connectivity index (χ3n) is 1.83. The molecule has 0 amide bonds. The fraction of sp³-hybridized carbons (Fsp3) is 0.222. The van der Waals surface area contributed by atoms with E-state index in [0.717, 1.165) is 18.2 Å². The summed E-state index contributed by atoms with van der Waals surface area (Å²) < 4.78 is 37.5. The minimum atomic E-state index is -4.49. The van der Waals surface area contributed by atoms with Crippen LogP contribution in [0.3, 0.4) is 0 Å². The van der Waals surface area contributed by atoms with Gasteiger partial charge in [-0.2, -0.15) is 13.2 Å². The fourth-order valence-electron chi connectivity index (χ4n) is 1.12. The monoisotopic (exact) mass is 237 g/mol. The molecule has 0 atom stereocenters. The molecular formula is C9H7ClF3NO. The van der Waals surface area contributed by atoms with Crippen LogP contribution in [0.25, 0.3) is 0 Å². The molecule has 82 valence electrons. The lowest BCUT2D eigenvalue weighted by atomic mass is 10.0. The molecule has 0 aromatic heterocycles. The number of rotatable bonds is 1. The van der Waals surface area contributed by atoms with Crippen molar-refractivity contribution in [3.05, 3.63) is 34.3 Å². The molecule has 1 N–H and O–H groups in total. The van der Waals surface area contributed by atoms with E-state index in [2.05, 4.69) is 5.16 Å². The van der Waals surface area contributed by atoms with Gasteiger partial charge in [0.2, 0.25) is 0 Å². The molecule has 0 aliphatic carbocycles. The second kappa shape index (κ2) is 4.10. The third kappa shape index (κ3) is 2.62. The molecule has 0 bridgehead atoms. The predicted molar refractivity (Wildman–Crippen MR) is 50.5 cm³/mol. The predicted octanol–water partition coefficient (Wildman–Crippen LogP) is 3.56. The molecule has 6 heteroatoms. The van der Waals surface area contributed by atoms with Crippen LogP contribution in [0.2, 0.25) is 5.02 Å². The summed E-state index contributed by atoms with van der Waals surface area (Å²) in [5.41, 5.74) is -1.23. The van der Waals surface area contributed by atoms with E-state index in [9.17, 15) is 13.2 Å². The Balaban J connectivity index is 3.40. The number of nitrogens with zero attached hydrogens (tertiary/aromatic N) is 1. The third-order valence-corrected chi connectivity index (χ3v) is 2.06. The van der Waals surface area contributed by atoms with E-state index in [4.69, 9.17) is 16.8 Å². The highest BCUT2D eigenvalue weighted by atomic mass is 35.5. The molecule has 0 fully saturated rings. The Hall–Kier alpha value is -1.23. The van der Waals surface area contributed by atoms with Crippen molar-refractivity contribution in [3.63, 3.8) is 0 Å². The largest absolute Gasteiger partial charge is 0.417 e. The first-order valence-electron chi connectivity index (χ1n) is 3.92. The maximum Gasteiger partial charge on any atom is 0.417 e. The summed E-state index contributed by atoms with van der Waals surface area (Å²) in [6, 6.07) is 3.10. The highest BCUT2D eigenvalue weighted by Crippen LogP contribution is 2.33. The molecule has 1 aromatic carbocycles. The van der Waals surface area contributed by atoms with Gasteiger partial charge in [-0.25, -0.2) is 0 Å². The standard InChI is InChI=1S/C9H7ClF3NO/c1-5(14-15)7-4-6(10)2-3-8(7)9(11,12)13/h2-4,15H,1H3/b14-5+. The molecule has 0 aliphatic rings. The highest BCUT2D eigenvalue weighted by Gasteiger charge is 2.34. The van der Waals surface area contributed by atoms with Crippen molar-refractivity contribution >= 4 is 17.3 Å². The van der Waals surface area contributed by atoms with E-state index >= 15 is 0 Å². The topological polar surface area (TPSA) is 32.6 Å². The van der Waals surface area contributed by atoms with E-state index in [1.165, 1.54) is 6.92 Å². The molecule has 0 saturated heterocycles. The van der Waals surface area contributed by atoms with Crippen molar-refractivity contribution in [3.8, 4) is 0 Å². The second-order valence-electron chi connectivity index (χ2n) is 2.87. The van der Waals surface area contributed by atoms with Gasteiger partial charge in [-0.1, -0.05) is 16.8 Å². The summed E-state index contributed by atoms with van der Waals surface area (Å²) in [7, 11) is 0. The van der Waals surface area contributed by atoms with Crippen molar-refractivity contribution in [2.45, 2.75) is 13.1 Å². The lowest BCUT2D eigenvalue weighted by Gasteiger charge is -2.11. The fourth-order valence-corrected chi connectivity index (χ4v) is 1.29. The first kappa shape index (κ1) is 11.8. The van der Waals surface area contributed by atoms with Gasteiger partial charge in [0.05, 0.1) is 11.3 Å². The van der Waals surface area contributed by atoms with E-state index < -0.39 is 11.7 Å².